The SMILES string of the molecule is CSc1nnc([C@@H]2CCCN(CC(=O)N3CCCCCC3)C2)n1C. The van der Waals surface area contributed by atoms with E-state index in [-0.39, 0.29) is 0 Å². The Morgan fingerprint density at radius 1 is 1.12 bits per heavy atom. The number of piperidine rings is 1. The highest BCUT2D eigenvalue weighted by atomic mass is 32.2. The van der Waals surface area contributed by atoms with Gasteiger partial charge in [-0.3, -0.25) is 9.69 Å². The summed E-state index contributed by atoms with van der Waals surface area (Å²) in [5.41, 5.74) is 0. The molecule has 2 saturated heterocycles. The topological polar surface area (TPSA) is 54.3 Å². The maximum absolute atomic E-state index is 12.6. The fourth-order valence-electron chi connectivity index (χ4n) is 3.88. The van der Waals surface area contributed by atoms with Gasteiger partial charge in [-0.15, -0.1) is 10.2 Å². The van der Waals surface area contributed by atoms with Crippen molar-refractivity contribution in [2.24, 2.45) is 7.05 Å². The molecule has 1 aromatic heterocycles. The number of hydrogen-bond donors (Lipinski definition) is 0. The number of likely N-dealkylation sites (tertiary alicyclic amines) is 2. The van der Waals surface area contributed by atoms with Gasteiger partial charge < -0.3 is 9.47 Å². The van der Waals surface area contributed by atoms with Crippen molar-refractivity contribution in [1.82, 2.24) is 24.6 Å². The van der Waals surface area contributed by atoms with Gasteiger partial charge in [-0.2, -0.15) is 0 Å². The zero-order valence-electron chi connectivity index (χ0n) is 14.9. The van der Waals surface area contributed by atoms with Gasteiger partial charge in [-0.05, 0) is 38.5 Å². The van der Waals surface area contributed by atoms with Crippen molar-refractivity contribution in [2.45, 2.75) is 49.6 Å². The summed E-state index contributed by atoms with van der Waals surface area (Å²) in [6.07, 6.45) is 9.13. The van der Waals surface area contributed by atoms with Gasteiger partial charge in [-0.25, -0.2) is 0 Å². The second kappa shape index (κ2) is 8.34. The Morgan fingerprint density at radius 3 is 2.54 bits per heavy atom. The highest BCUT2D eigenvalue weighted by Gasteiger charge is 2.28. The number of rotatable bonds is 4. The van der Waals surface area contributed by atoms with E-state index in [0.717, 1.165) is 62.8 Å². The van der Waals surface area contributed by atoms with Crippen LogP contribution in [-0.2, 0) is 11.8 Å². The molecule has 0 unspecified atom stereocenters. The van der Waals surface area contributed by atoms with E-state index in [1.54, 1.807) is 11.8 Å². The summed E-state index contributed by atoms with van der Waals surface area (Å²) in [5.74, 6) is 1.75. The van der Waals surface area contributed by atoms with E-state index in [2.05, 4.69) is 24.6 Å². The third-order valence-electron chi connectivity index (χ3n) is 5.24. The summed E-state index contributed by atoms with van der Waals surface area (Å²) < 4.78 is 2.11. The molecule has 1 amide bonds. The summed E-state index contributed by atoms with van der Waals surface area (Å²) in [4.78, 5) is 17.0. The number of carbonyl (C=O) groups excluding carboxylic acids is 1. The number of aromatic nitrogens is 3. The van der Waals surface area contributed by atoms with Crippen LogP contribution in [0.25, 0.3) is 0 Å². The van der Waals surface area contributed by atoms with Gasteiger partial charge in [0.1, 0.15) is 5.82 Å². The minimum Gasteiger partial charge on any atom is -0.342 e. The van der Waals surface area contributed by atoms with E-state index in [1.807, 2.05) is 13.3 Å². The van der Waals surface area contributed by atoms with Crippen molar-refractivity contribution in [1.29, 1.82) is 0 Å². The first kappa shape index (κ1) is 17.7. The predicted octanol–water partition coefficient (Wildman–Crippen LogP) is 2.12. The Balaban J connectivity index is 1.58. The van der Waals surface area contributed by atoms with Crippen LogP contribution in [0, 0.1) is 0 Å². The summed E-state index contributed by atoms with van der Waals surface area (Å²) >= 11 is 1.63. The van der Waals surface area contributed by atoms with Gasteiger partial charge in [0.15, 0.2) is 5.16 Å². The van der Waals surface area contributed by atoms with Crippen molar-refractivity contribution in [2.75, 3.05) is 39.0 Å². The van der Waals surface area contributed by atoms with Gasteiger partial charge in [0.05, 0.1) is 6.54 Å². The molecule has 6 nitrogen and oxygen atoms in total. The monoisotopic (exact) mass is 351 g/mol. The van der Waals surface area contributed by atoms with E-state index in [1.165, 1.54) is 12.8 Å². The molecule has 0 N–H and O–H groups in total. The molecule has 24 heavy (non-hydrogen) atoms. The standard InChI is InChI=1S/C17H29N5OS/c1-20-16(18-19-17(20)24-2)14-8-7-9-21(12-14)13-15(23)22-10-5-3-4-6-11-22/h14H,3-13H2,1-2H3/t14-/m1/s1. The lowest BCUT2D eigenvalue weighted by molar-refractivity contribution is -0.132. The predicted molar refractivity (Wildman–Crippen MR) is 96.2 cm³/mol. The lowest BCUT2D eigenvalue weighted by Crippen LogP contribution is -2.44. The highest BCUT2D eigenvalue weighted by molar-refractivity contribution is 7.98. The molecule has 1 aromatic rings. The van der Waals surface area contributed by atoms with Gasteiger partial charge in [0.2, 0.25) is 5.91 Å². The molecule has 3 heterocycles. The van der Waals surface area contributed by atoms with Gasteiger partial charge in [0, 0.05) is 32.6 Å². The van der Waals surface area contributed by atoms with Crippen LogP contribution in [0.1, 0.15) is 50.3 Å². The maximum Gasteiger partial charge on any atom is 0.236 e. The van der Waals surface area contributed by atoms with E-state index < -0.39 is 0 Å². The summed E-state index contributed by atoms with van der Waals surface area (Å²) in [5, 5.41) is 9.62. The fraction of sp³-hybridized carbons (Fsp3) is 0.824. The third kappa shape index (κ3) is 4.11. The maximum atomic E-state index is 12.6. The first-order valence-electron chi connectivity index (χ1n) is 9.12. The van der Waals surface area contributed by atoms with Crippen LogP contribution in [0.3, 0.4) is 0 Å². The van der Waals surface area contributed by atoms with Crippen molar-refractivity contribution in [3.8, 4) is 0 Å². The Kier molecular flexibility index (Phi) is 6.16. The average Bonchev–Trinajstić information content (AvgIpc) is 2.79. The minimum absolute atomic E-state index is 0.306. The Morgan fingerprint density at radius 2 is 1.88 bits per heavy atom. The Labute approximate surface area is 149 Å². The molecule has 7 heteroatoms. The normalized spacial score (nSPS) is 23.2. The van der Waals surface area contributed by atoms with Crippen LogP contribution in [0.5, 0.6) is 0 Å². The molecule has 0 saturated carbocycles. The summed E-state index contributed by atoms with van der Waals surface area (Å²) in [6, 6.07) is 0. The molecule has 0 aromatic carbocycles. The molecule has 2 aliphatic rings. The minimum atomic E-state index is 0.306. The average molecular weight is 352 g/mol. The third-order valence-corrected chi connectivity index (χ3v) is 5.96. The van der Waals surface area contributed by atoms with Crippen LogP contribution in [-0.4, -0.2) is 69.5 Å². The van der Waals surface area contributed by atoms with Gasteiger partial charge >= 0.3 is 0 Å². The van der Waals surface area contributed by atoms with E-state index in [9.17, 15) is 4.79 Å². The van der Waals surface area contributed by atoms with Crippen molar-refractivity contribution in [3.63, 3.8) is 0 Å². The lowest BCUT2D eigenvalue weighted by atomic mass is 9.97. The smallest absolute Gasteiger partial charge is 0.236 e. The number of thioether (sulfide) groups is 1. The Hall–Kier alpha value is -1.08. The van der Waals surface area contributed by atoms with Gasteiger partial charge in [0.25, 0.3) is 0 Å². The van der Waals surface area contributed by atoms with Crippen LogP contribution < -0.4 is 0 Å². The molecular weight excluding hydrogens is 322 g/mol. The molecule has 2 aliphatic heterocycles. The van der Waals surface area contributed by atoms with Gasteiger partial charge in [-0.1, -0.05) is 24.6 Å². The molecular formula is C17H29N5OS. The van der Waals surface area contributed by atoms with E-state index >= 15 is 0 Å². The van der Waals surface area contributed by atoms with Crippen LogP contribution in [0.2, 0.25) is 0 Å². The zero-order valence-corrected chi connectivity index (χ0v) is 15.7. The molecule has 0 bridgehead atoms. The number of carbonyl (C=O) groups is 1. The van der Waals surface area contributed by atoms with Crippen LogP contribution in [0.15, 0.2) is 5.16 Å². The summed E-state index contributed by atoms with van der Waals surface area (Å²) in [6.45, 7) is 4.37. The molecule has 2 fully saturated rings. The first-order valence-corrected chi connectivity index (χ1v) is 10.3. The van der Waals surface area contributed by atoms with Crippen molar-refractivity contribution >= 4 is 17.7 Å². The molecule has 0 radical (unpaired) electrons. The number of amides is 1. The van der Waals surface area contributed by atoms with Crippen molar-refractivity contribution in [3.05, 3.63) is 5.82 Å². The van der Waals surface area contributed by atoms with E-state index in [0.29, 0.717) is 18.4 Å². The second-order valence-corrected chi connectivity index (χ2v) is 7.75. The van der Waals surface area contributed by atoms with E-state index in [4.69, 9.17) is 0 Å². The fourth-order valence-corrected chi connectivity index (χ4v) is 4.37. The molecule has 0 aliphatic carbocycles. The summed E-state index contributed by atoms with van der Waals surface area (Å²) in [7, 11) is 2.04. The second-order valence-electron chi connectivity index (χ2n) is 6.97. The highest BCUT2D eigenvalue weighted by Crippen LogP contribution is 2.27. The zero-order chi connectivity index (χ0) is 16.9. The first-order chi connectivity index (χ1) is 11.7. The number of nitrogens with zero attached hydrogens (tertiary/aromatic N) is 5. The van der Waals surface area contributed by atoms with Crippen LogP contribution >= 0.6 is 11.8 Å². The van der Waals surface area contributed by atoms with Crippen molar-refractivity contribution < 1.29 is 4.79 Å². The molecule has 0 spiro atoms. The quantitative estimate of drug-likeness (QED) is 0.778. The number of hydrogen-bond acceptors (Lipinski definition) is 5. The largest absolute Gasteiger partial charge is 0.342 e. The molecule has 3 rings (SSSR count). The van der Waals surface area contributed by atoms with Crippen LogP contribution in [0.4, 0.5) is 0 Å². The lowest BCUT2D eigenvalue weighted by Gasteiger charge is -2.33. The Bertz CT molecular complexity index is 553. The molecule has 134 valence electrons. The molecule has 1 atom stereocenters.